The lowest BCUT2D eigenvalue weighted by molar-refractivity contribution is 0.0533. The predicted molar refractivity (Wildman–Crippen MR) is 190 cm³/mol. The molecule has 4 N–H and O–H groups in total. The van der Waals surface area contributed by atoms with Gasteiger partial charge >= 0.3 is 0 Å². The molecule has 49 heavy (non-hydrogen) atoms. The molecule has 1 aliphatic rings. The van der Waals surface area contributed by atoms with Gasteiger partial charge in [0.1, 0.15) is 22.9 Å². The minimum atomic E-state index is -0.722. The first-order chi connectivity index (χ1) is 23.6. The Hall–Kier alpha value is -4.60. The number of aromatic nitrogens is 6. The molecule has 0 aliphatic carbocycles. The Morgan fingerprint density at radius 1 is 0.898 bits per heavy atom. The number of aryl methyl sites for hydroxylation is 1. The highest BCUT2D eigenvalue weighted by molar-refractivity contribution is 7.15. The second-order valence-corrected chi connectivity index (χ2v) is 14.0. The van der Waals surface area contributed by atoms with Crippen LogP contribution in [0, 0.1) is 6.92 Å². The molecule has 6 aromatic rings. The zero-order valence-corrected chi connectivity index (χ0v) is 29.6. The van der Waals surface area contributed by atoms with E-state index in [9.17, 15) is 10.2 Å². The molecule has 0 saturated heterocycles. The minimum Gasteiger partial charge on any atom is -0.497 e. The van der Waals surface area contributed by atoms with Crippen molar-refractivity contribution in [2.45, 2.75) is 59.3 Å². The van der Waals surface area contributed by atoms with Crippen LogP contribution in [0.25, 0.3) is 22.5 Å². The number of nitrogens with two attached hydrogens (primary N) is 1. The van der Waals surface area contributed by atoms with Crippen molar-refractivity contribution >= 4 is 27.8 Å². The molecule has 5 heterocycles. The summed E-state index contributed by atoms with van der Waals surface area (Å²) in [6.45, 7) is 7.30. The van der Waals surface area contributed by atoms with Crippen molar-refractivity contribution in [3.63, 3.8) is 0 Å². The number of ether oxygens (including phenoxy) is 3. The van der Waals surface area contributed by atoms with E-state index in [2.05, 4.69) is 15.1 Å². The summed E-state index contributed by atoms with van der Waals surface area (Å²) in [6, 6.07) is 15.8. The first kappa shape index (κ1) is 34.3. The molecule has 2 unspecified atom stereocenters. The molecule has 0 saturated carbocycles. The summed E-state index contributed by atoms with van der Waals surface area (Å²) in [4.78, 5) is 10.8. The zero-order valence-electron chi connectivity index (χ0n) is 28.0. The monoisotopic (exact) mass is 701 g/mol. The van der Waals surface area contributed by atoms with Crippen molar-refractivity contribution in [2.75, 3.05) is 20.0 Å². The number of hydrogen-bond acceptors (Lipinski definition) is 12. The largest absolute Gasteiger partial charge is 0.497 e. The smallest absolute Gasteiger partial charge is 0.180 e. The molecule has 1 aliphatic heterocycles. The molecule has 256 valence electrons. The molecule has 0 bridgehead atoms. The topological polar surface area (TPSA) is 156 Å². The highest BCUT2D eigenvalue weighted by atomic mass is 32.1. The van der Waals surface area contributed by atoms with Gasteiger partial charge in [-0.05, 0) is 56.2 Å². The number of hydrogen-bond donors (Lipinski definition) is 3. The van der Waals surface area contributed by atoms with Gasteiger partial charge in [0.25, 0.3) is 0 Å². The lowest BCUT2D eigenvalue weighted by Gasteiger charge is -2.08. The zero-order chi connectivity index (χ0) is 34.7. The molecular weight excluding hydrogens is 663 g/mol. The summed E-state index contributed by atoms with van der Waals surface area (Å²) in [5.41, 5.74) is 12.9. The fourth-order valence-corrected chi connectivity index (χ4v) is 7.17. The van der Waals surface area contributed by atoms with Crippen LogP contribution in [0.2, 0.25) is 0 Å². The van der Waals surface area contributed by atoms with Crippen LogP contribution >= 0.6 is 22.7 Å². The second-order valence-electron chi connectivity index (χ2n) is 11.6. The van der Waals surface area contributed by atoms with E-state index < -0.39 is 6.10 Å². The number of nitrogens with zero attached hydrogens (tertiary/aromatic N) is 6. The van der Waals surface area contributed by atoms with Gasteiger partial charge in [0, 0.05) is 23.5 Å². The number of benzene rings is 2. The van der Waals surface area contributed by atoms with E-state index >= 15 is 0 Å². The number of anilines is 1. The van der Waals surface area contributed by atoms with E-state index in [0.717, 1.165) is 59.9 Å². The Labute approximate surface area is 292 Å². The summed E-state index contributed by atoms with van der Waals surface area (Å²) < 4.78 is 20.0. The average Bonchev–Trinajstić information content (AvgIpc) is 3.88. The number of rotatable bonds is 9. The highest BCUT2D eigenvalue weighted by Gasteiger charge is 2.27. The van der Waals surface area contributed by atoms with E-state index in [4.69, 9.17) is 25.0 Å². The molecule has 0 spiro atoms. The van der Waals surface area contributed by atoms with E-state index in [1.54, 1.807) is 25.8 Å². The maximum absolute atomic E-state index is 10.1. The minimum absolute atomic E-state index is 0.0697. The summed E-state index contributed by atoms with van der Waals surface area (Å²) in [5, 5.41) is 30.4. The van der Waals surface area contributed by atoms with Crippen LogP contribution in [0.5, 0.6) is 11.5 Å². The number of aliphatic hydroxyl groups is 2. The van der Waals surface area contributed by atoms with E-state index in [0.29, 0.717) is 36.2 Å². The Bertz CT molecular complexity index is 2010. The van der Waals surface area contributed by atoms with Crippen LogP contribution in [0.4, 0.5) is 5.13 Å². The number of aliphatic hydroxyl groups excluding tert-OH is 2. The van der Waals surface area contributed by atoms with Gasteiger partial charge in [-0.2, -0.15) is 10.2 Å². The normalized spacial score (nSPS) is 14.3. The molecule has 4 aromatic heterocycles. The maximum atomic E-state index is 10.1. The Morgan fingerprint density at radius 2 is 1.49 bits per heavy atom. The second kappa shape index (κ2) is 14.9. The van der Waals surface area contributed by atoms with Crippen molar-refractivity contribution in [1.82, 2.24) is 29.5 Å². The van der Waals surface area contributed by atoms with Gasteiger partial charge in [-0.15, -0.1) is 11.3 Å². The lowest BCUT2D eigenvalue weighted by Crippen LogP contribution is -2.04. The van der Waals surface area contributed by atoms with Crippen LogP contribution in [0.3, 0.4) is 0 Å². The van der Waals surface area contributed by atoms with E-state index in [1.165, 1.54) is 22.7 Å². The molecular formula is C35H39N7O5S2. The third kappa shape index (κ3) is 7.68. The van der Waals surface area contributed by atoms with Crippen LogP contribution in [-0.4, -0.2) is 54.0 Å². The molecule has 0 radical (unpaired) electrons. The number of fused-ring (bicyclic) bond motifs is 3. The van der Waals surface area contributed by atoms with Crippen molar-refractivity contribution in [3.05, 3.63) is 98.2 Å². The first-order valence-electron chi connectivity index (χ1n) is 15.7. The quantitative estimate of drug-likeness (QED) is 0.160. The molecule has 7 rings (SSSR count). The van der Waals surface area contributed by atoms with Crippen LogP contribution in [0.1, 0.15) is 63.3 Å². The lowest BCUT2D eigenvalue weighted by atomic mass is 10.1. The van der Waals surface area contributed by atoms with E-state index in [1.807, 2.05) is 79.5 Å². The average molecular weight is 702 g/mol. The van der Waals surface area contributed by atoms with Gasteiger partial charge in [0.2, 0.25) is 0 Å². The van der Waals surface area contributed by atoms with Gasteiger partial charge in [0.15, 0.2) is 5.13 Å². The SMILES string of the molecule is COc1ccc(Cn2cc(-c3nc(C)sc3CO)c(C(C)O)n2)cc1.COc1ccc(Cn2cc3c(n2)C(C)OCc2sc(N)nc2-3)cc1. The summed E-state index contributed by atoms with van der Waals surface area (Å²) in [6.07, 6.45) is 3.11. The maximum Gasteiger partial charge on any atom is 0.180 e. The summed E-state index contributed by atoms with van der Waals surface area (Å²) >= 11 is 2.93. The molecule has 14 heteroatoms. The van der Waals surface area contributed by atoms with Gasteiger partial charge in [-0.1, -0.05) is 35.6 Å². The third-order valence-electron chi connectivity index (χ3n) is 8.00. The summed E-state index contributed by atoms with van der Waals surface area (Å²) in [7, 11) is 3.30. The molecule has 2 atom stereocenters. The number of methoxy groups -OCH3 is 2. The standard InChI is InChI=1S/C18H21N3O3S.C17H18N4O2S/c1-11(23)17-15(18-16(10-22)25-12(2)19-18)9-21(20-17)8-13-4-6-14(24-3)7-5-13;1-10-15-13(16-14(9-23-10)24-17(18)19-16)8-21(20-15)7-11-3-5-12(22-2)6-4-11/h4-7,9,11,22-23H,8,10H2,1-3H3;3-6,8,10H,7,9H2,1-2H3,(H2,18,19). The fraction of sp³-hybridized carbons (Fsp3) is 0.314. The third-order valence-corrected chi connectivity index (χ3v) is 9.82. The predicted octanol–water partition coefficient (Wildman–Crippen LogP) is 6.15. The first-order valence-corrected chi connectivity index (χ1v) is 17.3. The van der Waals surface area contributed by atoms with Crippen LogP contribution < -0.4 is 15.2 Å². The van der Waals surface area contributed by atoms with Crippen molar-refractivity contribution in [2.24, 2.45) is 0 Å². The number of thiazole rings is 2. The van der Waals surface area contributed by atoms with Gasteiger partial charge < -0.3 is 30.2 Å². The molecule has 2 aromatic carbocycles. The van der Waals surface area contributed by atoms with Gasteiger partial charge in [-0.3, -0.25) is 9.36 Å². The van der Waals surface area contributed by atoms with Crippen LogP contribution in [-0.2, 0) is 31.0 Å². The Balaban J connectivity index is 0.000000170. The number of nitrogen functional groups attached to an aromatic ring is 1. The van der Waals surface area contributed by atoms with Crippen molar-refractivity contribution in [3.8, 4) is 34.0 Å². The van der Waals surface area contributed by atoms with Crippen molar-refractivity contribution in [1.29, 1.82) is 0 Å². The molecule has 0 amide bonds. The fourth-order valence-electron chi connectivity index (χ4n) is 5.59. The van der Waals surface area contributed by atoms with Crippen molar-refractivity contribution < 1.29 is 24.4 Å². The van der Waals surface area contributed by atoms with Gasteiger partial charge in [-0.25, -0.2) is 9.97 Å². The molecule has 12 nitrogen and oxygen atoms in total. The van der Waals surface area contributed by atoms with E-state index in [-0.39, 0.29) is 12.7 Å². The highest BCUT2D eigenvalue weighted by Crippen LogP contribution is 2.39. The Morgan fingerprint density at radius 3 is 2.06 bits per heavy atom. The Kier molecular flexibility index (Phi) is 10.4. The summed E-state index contributed by atoms with van der Waals surface area (Å²) in [5.74, 6) is 1.65. The molecule has 0 fully saturated rings. The van der Waals surface area contributed by atoms with Gasteiger partial charge in [0.05, 0.1) is 78.9 Å². The van der Waals surface area contributed by atoms with Crippen LogP contribution in [0.15, 0.2) is 60.9 Å².